The molecule has 3 aromatic heterocycles. The van der Waals surface area contributed by atoms with Gasteiger partial charge < -0.3 is 9.64 Å². The smallest absolute Gasteiger partial charge is 0.157 e. The predicted octanol–water partition coefficient (Wildman–Crippen LogP) is 1.11. The minimum Gasteiger partial charge on any atom is -0.383 e. The molecule has 0 spiro atoms. The lowest BCUT2D eigenvalue weighted by Gasteiger charge is -2.24. The molecule has 1 aliphatic heterocycles. The molecule has 4 rings (SSSR count). The van der Waals surface area contributed by atoms with E-state index in [0.29, 0.717) is 18.7 Å². The molecule has 0 bridgehead atoms. The number of fused-ring (bicyclic) bond motifs is 1. The number of hydrazine groups is 1. The van der Waals surface area contributed by atoms with Crippen LogP contribution in [0.15, 0.2) is 42.9 Å². The lowest BCUT2D eigenvalue weighted by molar-refractivity contribution is 0.171. The molecule has 2 unspecified atom stereocenters. The van der Waals surface area contributed by atoms with Crippen LogP contribution in [-0.2, 0) is 4.74 Å². The van der Waals surface area contributed by atoms with E-state index in [-0.39, 0.29) is 0 Å². The number of nitrogens with one attached hydrogen (secondary N) is 2. The van der Waals surface area contributed by atoms with Crippen molar-refractivity contribution in [3.63, 3.8) is 0 Å². The summed E-state index contributed by atoms with van der Waals surface area (Å²) in [4.78, 5) is 11.0. The highest BCUT2D eigenvalue weighted by molar-refractivity contribution is 5.66. The van der Waals surface area contributed by atoms with Gasteiger partial charge in [-0.05, 0) is 18.6 Å². The van der Waals surface area contributed by atoms with E-state index in [9.17, 15) is 0 Å². The van der Waals surface area contributed by atoms with Crippen molar-refractivity contribution < 1.29 is 4.74 Å². The first-order valence-corrected chi connectivity index (χ1v) is 8.71. The zero-order chi connectivity index (χ0) is 17.9. The van der Waals surface area contributed by atoms with Crippen molar-refractivity contribution in [2.75, 3.05) is 32.2 Å². The molecule has 8 heteroatoms. The number of methoxy groups -OCH3 is 1. The molecule has 1 fully saturated rings. The lowest BCUT2D eigenvalue weighted by Crippen LogP contribution is -2.40. The number of anilines is 1. The van der Waals surface area contributed by atoms with Crippen molar-refractivity contribution in [2.24, 2.45) is 0 Å². The summed E-state index contributed by atoms with van der Waals surface area (Å²) >= 11 is 0. The first-order chi connectivity index (χ1) is 12.7. The van der Waals surface area contributed by atoms with Crippen LogP contribution < -0.4 is 15.8 Å². The summed E-state index contributed by atoms with van der Waals surface area (Å²) in [7, 11) is 3.81. The summed E-state index contributed by atoms with van der Waals surface area (Å²) in [5, 5.41) is 4.44. The number of rotatable bonds is 6. The Balaban J connectivity index is 1.60. The lowest BCUT2D eigenvalue weighted by atomic mass is 10.1. The number of ether oxygens (including phenoxy) is 1. The average molecular weight is 353 g/mol. The molecule has 0 amide bonds. The first kappa shape index (κ1) is 16.9. The van der Waals surface area contributed by atoms with Crippen LogP contribution in [0.2, 0.25) is 0 Å². The Labute approximate surface area is 152 Å². The molecule has 136 valence electrons. The summed E-state index contributed by atoms with van der Waals surface area (Å²) in [5.74, 6) is 1.00. The Kier molecular flexibility index (Phi) is 4.79. The van der Waals surface area contributed by atoms with E-state index in [4.69, 9.17) is 9.72 Å². The van der Waals surface area contributed by atoms with E-state index >= 15 is 0 Å². The van der Waals surface area contributed by atoms with Crippen LogP contribution in [0.25, 0.3) is 16.9 Å². The van der Waals surface area contributed by atoms with Gasteiger partial charge in [0, 0.05) is 62.9 Å². The standard InChI is InChI=1S/C18H23N7O/c1-24(11-14-9-15(12-26-2)23-22-14)18-10-16(13-3-6-19-7-4-13)21-17-5-8-20-25(17)18/h3-8,10,14-15,22-23H,9,11-12H2,1-2H3. The van der Waals surface area contributed by atoms with E-state index in [1.165, 1.54) is 0 Å². The highest BCUT2D eigenvalue weighted by Crippen LogP contribution is 2.24. The van der Waals surface area contributed by atoms with Crippen molar-refractivity contribution in [1.29, 1.82) is 0 Å². The predicted molar refractivity (Wildman–Crippen MR) is 99.8 cm³/mol. The summed E-state index contributed by atoms with van der Waals surface area (Å²) in [6.07, 6.45) is 6.36. The first-order valence-electron chi connectivity index (χ1n) is 8.71. The molecule has 0 aromatic carbocycles. The minimum atomic E-state index is 0.336. The van der Waals surface area contributed by atoms with Gasteiger partial charge in [0.05, 0.1) is 18.5 Å². The van der Waals surface area contributed by atoms with Crippen LogP contribution >= 0.6 is 0 Å². The van der Waals surface area contributed by atoms with Crippen LogP contribution in [-0.4, -0.2) is 59.0 Å². The van der Waals surface area contributed by atoms with Gasteiger partial charge in [0.1, 0.15) is 5.82 Å². The van der Waals surface area contributed by atoms with Gasteiger partial charge in [-0.3, -0.25) is 15.8 Å². The second-order valence-corrected chi connectivity index (χ2v) is 6.59. The molecule has 1 aliphatic rings. The van der Waals surface area contributed by atoms with Crippen LogP contribution in [0, 0.1) is 0 Å². The van der Waals surface area contributed by atoms with Crippen LogP contribution in [0.1, 0.15) is 6.42 Å². The Bertz CT molecular complexity index is 866. The third-order valence-corrected chi connectivity index (χ3v) is 4.63. The number of pyridine rings is 1. The zero-order valence-corrected chi connectivity index (χ0v) is 15.0. The molecule has 8 nitrogen and oxygen atoms in total. The molecule has 3 aromatic rings. The third-order valence-electron chi connectivity index (χ3n) is 4.63. The Morgan fingerprint density at radius 3 is 2.81 bits per heavy atom. The Hall–Kier alpha value is -2.55. The molecular formula is C18H23N7O. The highest BCUT2D eigenvalue weighted by atomic mass is 16.5. The molecule has 2 N–H and O–H groups in total. The molecule has 0 radical (unpaired) electrons. The number of likely N-dealkylation sites (N-methyl/N-ethyl adjacent to an activating group) is 1. The minimum absolute atomic E-state index is 0.336. The second kappa shape index (κ2) is 7.36. The fraction of sp³-hybridized carbons (Fsp3) is 0.389. The highest BCUT2D eigenvalue weighted by Gasteiger charge is 2.25. The van der Waals surface area contributed by atoms with Gasteiger partial charge >= 0.3 is 0 Å². The van der Waals surface area contributed by atoms with Crippen LogP contribution in [0.4, 0.5) is 5.82 Å². The topological polar surface area (TPSA) is 79.6 Å². The summed E-state index contributed by atoms with van der Waals surface area (Å²) in [5.41, 5.74) is 9.43. The number of hydrogen-bond acceptors (Lipinski definition) is 7. The van der Waals surface area contributed by atoms with E-state index < -0.39 is 0 Å². The maximum absolute atomic E-state index is 5.23. The van der Waals surface area contributed by atoms with E-state index in [1.807, 2.05) is 22.7 Å². The third kappa shape index (κ3) is 3.39. The van der Waals surface area contributed by atoms with Gasteiger partial charge in [0.25, 0.3) is 0 Å². The maximum atomic E-state index is 5.23. The van der Waals surface area contributed by atoms with Crippen molar-refractivity contribution in [1.82, 2.24) is 30.4 Å². The largest absolute Gasteiger partial charge is 0.383 e. The SMILES string of the molecule is COCC1CC(CN(C)c2cc(-c3ccncc3)nc3ccnn23)NN1. The van der Waals surface area contributed by atoms with Gasteiger partial charge in [-0.1, -0.05) is 0 Å². The fourth-order valence-electron chi connectivity index (χ4n) is 3.39. The van der Waals surface area contributed by atoms with Crippen molar-refractivity contribution in [3.05, 3.63) is 42.9 Å². The Morgan fingerprint density at radius 1 is 1.19 bits per heavy atom. The molecule has 2 atom stereocenters. The monoisotopic (exact) mass is 353 g/mol. The molecular weight excluding hydrogens is 330 g/mol. The quantitative estimate of drug-likeness (QED) is 0.687. The number of aromatic nitrogens is 4. The summed E-state index contributed by atoms with van der Waals surface area (Å²) < 4.78 is 7.11. The normalized spacial score (nSPS) is 19.9. The number of nitrogens with zero attached hydrogens (tertiary/aromatic N) is 5. The number of hydrogen-bond donors (Lipinski definition) is 2. The van der Waals surface area contributed by atoms with Gasteiger partial charge in [0.15, 0.2) is 5.65 Å². The van der Waals surface area contributed by atoms with E-state index in [1.54, 1.807) is 25.7 Å². The molecule has 0 aliphatic carbocycles. The zero-order valence-electron chi connectivity index (χ0n) is 15.0. The molecule has 26 heavy (non-hydrogen) atoms. The van der Waals surface area contributed by atoms with Gasteiger partial charge in [-0.2, -0.15) is 9.61 Å². The van der Waals surface area contributed by atoms with Crippen LogP contribution in [0.3, 0.4) is 0 Å². The summed E-state index contributed by atoms with van der Waals surface area (Å²) in [6, 6.07) is 8.61. The van der Waals surface area contributed by atoms with E-state index in [0.717, 1.165) is 35.7 Å². The van der Waals surface area contributed by atoms with Gasteiger partial charge in [0.2, 0.25) is 0 Å². The maximum Gasteiger partial charge on any atom is 0.157 e. The fourth-order valence-corrected chi connectivity index (χ4v) is 3.39. The van der Waals surface area contributed by atoms with Crippen molar-refractivity contribution in [3.8, 4) is 11.3 Å². The van der Waals surface area contributed by atoms with Crippen molar-refractivity contribution >= 4 is 11.5 Å². The molecule has 4 heterocycles. The van der Waals surface area contributed by atoms with Crippen LogP contribution in [0.5, 0.6) is 0 Å². The van der Waals surface area contributed by atoms with Crippen molar-refractivity contribution in [2.45, 2.75) is 18.5 Å². The average Bonchev–Trinajstić information content (AvgIpc) is 3.31. The Morgan fingerprint density at radius 2 is 2.00 bits per heavy atom. The second-order valence-electron chi connectivity index (χ2n) is 6.59. The van der Waals surface area contributed by atoms with Gasteiger partial charge in [-0.25, -0.2) is 4.98 Å². The van der Waals surface area contributed by atoms with Gasteiger partial charge in [-0.15, -0.1) is 0 Å². The van der Waals surface area contributed by atoms with E-state index in [2.05, 4.69) is 38.9 Å². The molecule has 1 saturated heterocycles. The molecule has 0 saturated carbocycles. The summed E-state index contributed by atoms with van der Waals surface area (Å²) in [6.45, 7) is 1.56.